The highest BCUT2D eigenvalue weighted by atomic mass is 32.2. The van der Waals surface area contributed by atoms with Crippen LogP contribution in [0.25, 0.3) is 0 Å². The molecule has 0 bridgehead atoms. The molecule has 1 aliphatic heterocycles. The molecule has 0 aromatic heterocycles. The van der Waals surface area contributed by atoms with Crippen LogP contribution in [0.3, 0.4) is 0 Å². The summed E-state index contributed by atoms with van der Waals surface area (Å²) in [7, 11) is 0. The largest absolute Gasteiger partial charge is 0.370 e. The van der Waals surface area contributed by atoms with Gasteiger partial charge in [-0.25, -0.2) is 0 Å². The quantitative estimate of drug-likeness (QED) is 0.415. The number of aliphatic imine (C=N–C) groups is 1. The second kappa shape index (κ2) is 5.65. The Labute approximate surface area is 93.9 Å². The van der Waals surface area contributed by atoms with Crippen LogP contribution in [0.4, 0.5) is 0 Å². The first-order chi connectivity index (χ1) is 7.09. The Bertz CT molecular complexity index is 297. The summed E-state index contributed by atoms with van der Waals surface area (Å²) < 4.78 is 0. The third-order valence-corrected chi connectivity index (χ3v) is 3.32. The Morgan fingerprint density at radius 2 is 2.47 bits per heavy atom. The Morgan fingerprint density at radius 1 is 1.73 bits per heavy atom. The van der Waals surface area contributed by atoms with Crippen LogP contribution in [-0.2, 0) is 0 Å². The topological polar surface area (TPSA) is 100 Å². The third kappa shape index (κ3) is 4.24. The highest BCUT2D eigenvalue weighted by Crippen LogP contribution is 2.29. The number of thioether (sulfide) groups is 1. The standard InChI is InChI=1S/C9H17N5S/c1-6-4-15-5-7(6)2-3-13-9(12)14-8(10)11/h5-6H,2-4H2,1H3,(H6,10,11,12,13,14). The maximum absolute atomic E-state index is 6.95. The molecule has 1 unspecified atom stereocenters. The van der Waals surface area contributed by atoms with E-state index < -0.39 is 0 Å². The molecule has 0 aromatic rings. The van der Waals surface area contributed by atoms with Crippen LogP contribution in [0.2, 0.25) is 0 Å². The molecule has 0 saturated heterocycles. The van der Waals surface area contributed by atoms with E-state index in [4.69, 9.17) is 16.9 Å². The highest BCUT2D eigenvalue weighted by molar-refractivity contribution is 8.02. The van der Waals surface area contributed by atoms with Crippen molar-refractivity contribution in [2.75, 3.05) is 12.3 Å². The molecule has 0 radical (unpaired) electrons. The van der Waals surface area contributed by atoms with Crippen molar-refractivity contribution in [3.8, 4) is 0 Å². The Kier molecular flexibility index (Phi) is 4.48. The monoisotopic (exact) mass is 227 g/mol. The maximum Gasteiger partial charge on any atom is 0.195 e. The predicted molar refractivity (Wildman–Crippen MR) is 65.9 cm³/mol. The fourth-order valence-corrected chi connectivity index (χ4v) is 2.47. The lowest BCUT2D eigenvalue weighted by atomic mass is 10.0. The van der Waals surface area contributed by atoms with Crippen molar-refractivity contribution < 1.29 is 0 Å². The number of nitrogens with zero attached hydrogens (tertiary/aromatic N) is 1. The fourth-order valence-electron chi connectivity index (χ4n) is 1.31. The number of hydrogen-bond acceptors (Lipinski definition) is 3. The normalized spacial score (nSPS) is 21.3. The van der Waals surface area contributed by atoms with E-state index in [9.17, 15) is 0 Å². The van der Waals surface area contributed by atoms with Gasteiger partial charge in [0.05, 0.1) is 0 Å². The SMILES string of the molecule is CC1CSC=C1CCN=C(N)NC(=N)N. The van der Waals surface area contributed by atoms with Gasteiger partial charge in [0.1, 0.15) is 0 Å². The van der Waals surface area contributed by atoms with Crippen LogP contribution in [0.1, 0.15) is 13.3 Å². The smallest absolute Gasteiger partial charge is 0.195 e. The average Bonchev–Trinajstić information content (AvgIpc) is 2.50. The molecule has 5 nitrogen and oxygen atoms in total. The highest BCUT2D eigenvalue weighted by Gasteiger charge is 2.13. The molecule has 15 heavy (non-hydrogen) atoms. The Morgan fingerprint density at radius 3 is 3.00 bits per heavy atom. The summed E-state index contributed by atoms with van der Waals surface area (Å²) in [5.41, 5.74) is 12.0. The van der Waals surface area contributed by atoms with Crippen molar-refractivity contribution in [2.24, 2.45) is 22.4 Å². The van der Waals surface area contributed by atoms with E-state index in [1.54, 1.807) is 0 Å². The van der Waals surface area contributed by atoms with Crippen LogP contribution in [0.15, 0.2) is 16.0 Å². The number of nitrogens with one attached hydrogen (secondary N) is 2. The van der Waals surface area contributed by atoms with E-state index >= 15 is 0 Å². The maximum atomic E-state index is 6.95. The zero-order valence-corrected chi connectivity index (χ0v) is 9.60. The van der Waals surface area contributed by atoms with E-state index in [0.717, 1.165) is 6.42 Å². The van der Waals surface area contributed by atoms with Crippen LogP contribution < -0.4 is 16.8 Å². The molecule has 84 valence electrons. The summed E-state index contributed by atoms with van der Waals surface area (Å²) in [4.78, 5) is 4.07. The van der Waals surface area contributed by atoms with E-state index in [1.807, 2.05) is 11.8 Å². The second-order valence-electron chi connectivity index (χ2n) is 3.48. The molecule has 0 saturated carbocycles. The molecule has 6 N–H and O–H groups in total. The van der Waals surface area contributed by atoms with Gasteiger partial charge in [-0.1, -0.05) is 12.5 Å². The number of guanidine groups is 2. The van der Waals surface area contributed by atoms with Gasteiger partial charge in [0.15, 0.2) is 11.9 Å². The van der Waals surface area contributed by atoms with Crippen molar-refractivity contribution in [2.45, 2.75) is 13.3 Å². The third-order valence-electron chi connectivity index (χ3n) is 2.16. The molecule has 1 heterocycles. The van der Waals surface area contributed by atoms with Crippen LogP contribution >= 0.6 is 11.8 Å². The van der Waals surface area contributed by atoms with Gasteiger partial charge in [-0.05, 0) is 17.7 Å². The molecule has 0 aliphatic carbocycles. The van der Waals surface area contributed by atoms with Gasteiger partial charge in [-0.3, -0.25) is 15.7 Å². The summed E-state index contributed by atoms with van der Waals surface area (Å²) in [6.07, 6.45) is 0.925. The van der Waals surface area contributed by atoms with E-state index in [-0.39, 0.29) is 11.9 Å². The zero-order valence-electron chi connectivity index (χ0n) is 8.79. The molecule has 0 amide bonds. The van der Waals surface area contributed by atoms with Gasteiger partial charge >= 0.3 is 0 Å². The van der Waals surface area contributed by atoms with Crippen molar-refractivity contribution in [3.63, 3.8) is 0 Å². The predicted octanol–water partition coefficient (Wildman–Crippen LogP) is 0.441. The second-order valence-corrected chi connectivity index (χ2v) is 4.39. The van der Waals surface area contributed by atoms with Crippen molar-refractivity contribution >= 4 is 23.7 Å². The average molecular weight is 227 g/mol. The number of hydrogen-bond donors (Lipinski definition) is 4. The molecular formula is C9H17N5S. The first-order valence-corrected chi connectivity index (χ1v) is 5.86. The zero-order chi connectivity index (χ0) is 11.3. The lowest BCUT2D eigenvalue weighted by molar-refractivity contribution is 0.737. The Balaban J connectivity index is 2.28. The summed E-state index contributed by atoms with van der Waals surface area (Å²) >= 11 is 1.85. The molecule has 1 rings (SSSR count). The number of rotatable bonds is 3. The first-order valence-electron chi connectivity index (χ1n) is 4.81. The summed E-state index contributed by atoms with van der Waals surface area (Å²) in [6.45, 7) is 2.86. The van der Waals surface area contributed by atoms with Gasteiger partial charge in [-0.2, -0.15) is 0 Å². The van der Waals surface area contributed by atoms with Gasteiger partial charge in [0.2, 0.25) is 0 Å². The fraction of sp³-hybridized carbons (Fsp3) is 0.556. The van der Waals surface area contributed by atoms with Gasteiger partial charge in [-0.15, -0.1) is 11.8 Å². The Hall–Kier alpha value is -1.17. The lowest BCUT2D eigenvalue weighted by Gasteiger charge is -2.06. The minimum absolute atomic E-state index is 0.180. The van der Waals surface area contributed by atoms with Crippen molar-refractivity contribution in [1.82, 2.24) is 5.32 Å². The van der Waals surface area contributed by atoms with Gasteiger partial charge < -0.3 is 11.5 Å². The molecular weight excluding hydrogens is 210 g/mol. The summed E-state index contributed by atoms with van der Waals surface area (Å²) in [5.74, 6) is 1.84. The minimum atomic E-state index is -0.180. The molecule has 0 spiro atoms. The van der Waals surface area contributed by atoms with Crippen LogP contribution in [0, 0.1) is 11.3 Å². The minimum Gasteiger partial charge on any atom is -0.370 e. The number of nitrogens with two attached hydrogens (primary N) is 2. The molecule has 1 atom stereocenters. The van der Waals surface area contributed by atoms with E-state index in [1.165, 1.54) is 11.3 Å². The van der Waals surface area contributed by atoms with E-state index in [0.29, 0.717) is 12.5 Å². The molecule has 1 aliphatic rings. The lowest BCUT2D eigenvalue weighted by Crippen LogP contribution is -2.40. The molecule has 6 heteroatoms. The van der Waals surface area contributed by atoms with Gasteiger partial charge in [0, 0.05) is 12.3 Å². The van der Waals surface area contributed by atoms with E-state index in [2.05, 4.69) is 22.6 Å². The van der Waals surface area contributed by atoms with Crippen LogP contribution in [0.5, 0.6) is 0 Å². The van der Waals surface area contributed by atoms with Crippen LogP contribution in [-0.4, -0.2) is 24.2 Å². The first kappa shape index (κ1) is 11.9. The van der Waals surface area contributed by atoms with Gasteiger partial charge in [0.25, 0.3) is 0 Å². The molecule has 0 fully saturated rings. The van der Waals surface area contributed by atoms with Crippen molar-refractivity contribution in [3.05, 3.63) is 11.0 Å². The summed E-state index contributed by atoms with van der Waals surface area (Å²) in [5, 5.41) is 11.6. The van der Waals surface area contributed by atoms with Crippen molar-refractivity contribution in [1.29, 1.82) is 5.41 Å². The molecule has 0 aromatic carbocycles. The summed E-state index contributed by atoms with van der Waals surface area (Å²) in [6, 6.07) is 0.